The molecule has 14 heavy (non-hydrogen) atoms. The summed E-state index contributed by atoms with van der Waals surface area (Å²) in [5.41, 5.74) is 0. The van der Waals surface area contributed by atoms with Crippen molar-refractivity contribution in [3.8, 4) is 0 Å². The van der Waals surface area contributed by atoms with Crippen LogP contribution in [0, 0.1) is 0 Å². The third-order valence-corrected chi connectivity index (χ3v) is 3.45. The molecule has 1 aromatic heterocycles. The van der Waals surface area contributed by atoms with Crippen LogP contribution in [0.1, 0.15) is 17.7 Å². The highest BCUT2D eigenvalue weighted by Crippen LogP contribution is 2.21. The van der Waals surface area contributed by atoms with Crippen molar-refractivity contribution in [3.05, 3.63) is 22.4 Å². The van der Waals surface area contributed by atoms with Gasteiger partial charge in [-0.3, -0.25) is 9.69 Å². The van der Waals surface area contributed by atoms with Crippen LogP contribution < -0.4 is 0 Å². The highest BCUT2D eigenvalue weighted by atomic mass is 32.1. The first-order valence-corrected chi connectivity index (χ1v) is 5.64. The predicted octanol–water partition coefficient (Wildman–Crippen LogP) is 1.80. The Bertz CT molecular complexity index is 310. The summed E-state index contributed by atoms with van der Waals surface area (Å²) in [6, 6.07) is 3.80. The molecule has 1 aromatic rings. The lowest BCUT2D eigenvalue weighted by atomic mass is 10.2. The van der Waals surface area contributed by atoms with Crippen molar-refractivity contribution >= 4 is 17.3 Å². The van der Waals surface area contributed by atoms with E-state index >= 15 is 0 Å². The zero-order valence-corrected chi connectivity index (χ0v) is 8.67. The first-order chi connectivity index (χ1) is 6.77. The molecule has 2 heterocycles. The Balaban J connectivity index is 2.00. The normalized spacial score (nSPS) is 22.7. The monoisotopic (exact) mass is 211 g/mol. The van der Waals surface area contributed by atoms with Gasteiger partial charge >= 0.3 is 5.97 Å². The van der Waals surface area contributed by atoms with Crippen molar-refractivity contribution in [3.63, 3.8) is 0 Å². The second-order valence-corrected chi connectivity index (χ2v) is 4.58. The van der Waals surface area contributed by atoms with E-state index in [0.717, 1.165) is 25.9 Å². The summed E-state index contributed by atoms with van der Waals surface area (Å²) in [6.07, 6.45) is 1.79. The van der Waals surface area contributed by atoms with Gasteiger partial charge in [0.05, 0.1) is 0 Å². The van der Waals surface area contributed by atoms with Gasteiger partial charge in [0.2, 0.25) is 0 Å². The molecule has 0 bridgehead atoms. The molecule has 1 fully saturated rings. The Morgan fingerprint density at radius 2 is 2.57 bits per heavy atom. The van der Waals surface area contributed by atoms with E-state index in [1.807, 2.05) is 16.3 Å². The van der Waals surface area contributed by atoms with Crippen molar-refractivity contribution in [1.82, 2.24) is 4.90 Å². The predicted molar refractivity (Wildman–Crippen MR) is 55.4 cm³/mol. The molecule has 76 valence electrons. The van der Waals surface area contributed by atoms with E-state index in [2.05, 4.69) is 6.07 Å². The Hall–Kier alpha value is -0.870. The average Bonchev–Trinajstić information content (AvgIpc) is 2.75. The van der Waals surface area contributed by atoms with Crippen LogP contribution >= 0.6 is 11.3 Å². The highest BCUT2D eigenvalue weighted by Gasteiger charge is 2.30. The number of nitrogens with zero attached hydrogens (tertiary/aromatic N) is 1. The number of carboxylic acid groups (broad SMARTS) is 1. The van der Waals surface area contributed by atoms with Gasteiger partial charge in [0, 0.05) is 11.4 Å². The summed E-state index contributed by atoms with van der Waals surface area (Å²) < 4.78 is 0. The topological polar surface area (TPSA) is 40.5 Å². The fourth-order valence-electron chi connectivity index (χ4n) is 1.90. The fraction of sp³-hybridized carbons (Fsp3) is 0.500. The summed E-state index contributed by atoms with van der Waals surface area (Å²) in [4.78, 5) is 14.2. The van der Waals surface area contributed by atoms with Crippen molar-refractivity contribution in [1.29, 1.82) is 0 Å². The van der Waals surface area contributed by atoms with Crippen molar-refractivity contribution in [2.45, 2.75) is 25.4 Å². The molecule has 2 rings (SSSR count). The molecule has 3 nitrogen and oxygen atoms in total. The van der Waals surface area contributed by atoms with Crippen LogP contribution in [0.25, 0.3) is 0 Å². The van der Waals surface area contributed by atoms with Crippen LogP contribution in [0.4, 0.5) is 0 Å². The highest BCUT2D eigenvalue weighted by molar-refractivity contribution is 7.09. The number of aliphatic carboxylic acids is 1. The molecule has 1 aliphatic rings. The molecule has 0 aromatic carbocycles. The first kappa shape index (κ1) is 9.68. The molecule has 0 radical (unpaired) electrons. The molecule has 1 atom stereocenters. The number of thiophene rings is 1. The molecule has 1 saturated heterocycles. The largest absolute Gasteiger partial charge is 0.480 e. The van der Waals surface area contributed by atoms with E-state index in [4.69, 9.17) is 5.11 Å². The Morgan fingerprint density at radius 1 is 1.71 bits per heavy atom. The summed E-state index contributed by atoms with van der Waals surface area (Å²) in [6.45, 7) is 1.70. The van der Waals surface area contributed by atoms with Gasteiger partial charge in [0.25, 0.3) is 0 Å². The second-order valence-electron chi connectivity index (χ2n) is 3.55. The maximum Gasteiger partial charge on any atom is 0.320 e. The van der Waals surface area contributed by atoms with Gasteiger partial charge in [-0.1, -0.05) is 6.07 Å². The molecular formula is C10H13NO2S. The number of likely N-dealkylation sites (tertiary alicyclic amines) is 1. The average molecular weight is 211 g/mol. The molecule has 0 saturated carbocycles. The van der Waals surface area contributed by atoms with Crippen LogP contribution in [-0.4, -0.2) is 28.6 Å². The lowest BCUT2D eigenvalue weighted by Crippen LogP contribution is -2.35. The van der Waals surface area contributed by atoms with Crippen LogP contribution in [-0.2, 0) is 11.3 Å². The zero-order valence-electron chi connectivity index (χ0n) is 7.85. The van der Waals surface area contributed by atoms with Gasteiger partial charge in [0.15, 0.2) is 0 Å². The van der Waals surface area contributed by atoms with E-state index in [9.17, 15) is 4.79 Å². The zero-order chi connectivity index (χ0) is 9.97. The molecular weight excluding hydrogens is 198 g/mol. The number of hydrogen-bond donors (Lipinski definition) is 1. The number of carboxylic acids is 1. The van der Waals surface area contributed by atoms with Gasteiger partial charge in [-0.05, 0) is 30.8 Å². The van der Waals surface area contributed by atoms with Gasteiger partial charge in [-0.2, -0.15) is 0 Å². The number of carbonyl (C=O) groups is 1. The third-order valence-electron chi connectivity index (χ3n) is 2.59. The standard InChI is InChI=1S/C10H13NO2S/c12-10(13)9-4-1-5-11(9)7-8-3-2-6-14-8/h2-3,6,9H,1,4-5,7H2,(H,12,13). The van der Waals surface area contributed by atoms with E-state index in [1.165, 1.54) is 4.88 Å². The van der Waals surface area contributed by atoms with Crippen LogP contribution in [0.2, 0.25) is 0 Å². The van der Waals surface area contributed by atoms with Gasteiger partial charge in [0.1, 0.15) is 6.04 Å². The van der Waals surface area contributed by atoms with E-state index in [1.54, 1.807) is 11.3 Å². The van der Waals surface area contributed by atoms with Crippen molar-refractivity contribution < 1.29 is 9.90 Å². The minimum absolute atomic E-state index is 0.267. The summed E-state index contributed by atoms with van der Waals surface area (Å²) in [5.74, 6) is -0.681. The SMILES string of the molecule is O=C(O)C1CCCN1Cc1cccs1. The summed E-state index contributed by atoms with van der Waals surface area (Å²) >= 11 is 1.69. The molecule has 1 unspecified atom stereocenters. The molecule has 1 N–H and O–H groups in total. The Labute approximate surface area is 87.0 Å². The fourth-order valence-corrected chi connectivity index (χ4v) is 2.63. The van der Waals surface area contributed by atoms with Crippen LogP contribution in [0.5, 0.6) is 0 Å². The molecule has 0 spiro atoms. The first-order valence-electron chi connectivity index (χ1n) is 4.76. The third kappa shape index (κ3) is 1.96. The maximum atomic E-state index is 10.9. The van der Waals surface area contributed by atoms with Gasteiger partial charge < -0.3 is 5.11 Å². The van der Waals surface area contributed by atoms with Gasteiger partial charge in [-0.25, -0.2) is 0 Å². The van der Waals surface area contributed by atoms with Gasteiger partial charge in [-0.15, -0.1) is 11.3 Å². The lowest BCUT2D eigenvalue weighted by Gasteiger charge is -2.19. The molecule has 0 aliphatic carbocycles. The lowest BCUT2D eigenvalue weighted by molar-refractivity contribution is -0.142. The van der Waals surface area contributed by atoms with E-state index < -0.39 is 5.97 Å². The maximum absolute atomic E-state index is 10.9. The number of hydrogen-bond acceptors (Lipinski definition) is 3. The van der Waals surface area contributed by atoms with Crippen molar-refractivity contribution in [2.75, 3.05) is 6.54 Å². The van der Waals surface area contributed by atoms with E-state index in [0.29, 0.717) is 0 Å². The van der Waals surface area contributed by atoms with Crippen molar-refractivity contribution in [2.24, 2.45) is 0 Å². The molecule has 4 heteroatoms. The van der Waals surface area contributed by atoms with Crippen LogP contribution in [0.15, 0.2) is 17.5 Å². The number of rotatable bonds is 3. The van der Waals surface area contributed by atoms with E-state index in [-0.39, 0.29) is 6.04 Å². The molecule has 0 amide bonds. The Morgan fingerprint density at radius 3 is 3.21 bits per heavy atom. The minimum Gasteiger partial charge on any atom is -0.480 e. The molecule has 1 aliphatic heterocycles. The second kappa shape index (κ2) is 4.11. The minimum atomic E-state index is -0.681. The summed E-state index contributed by atoms with van der Waals surface area (Å²) in [5, 5.41) is 11.0. The quantitative estimate of drug-likeness (QED) is 0.828. The Kier molecular flexibility index (Phi) is 2.84. The summed E-state index contributed by atoms with van der Waals surface area (Å²) in [7, 11) is 0. The smallest absolute Gasteiger partial charge is 0.320 e. The van der Waals surface area contributed by atoms with Crippen LogP contribution in [0.3, 0.4) is 0 Å².